The third-order valence-corrected chi connectivity index (χ3v) is 2.13. The SMILES string of the molecule is CN=C(N)Nc1cc(C(F)(F)F)ccc1Cl. The molecule has 0 aromatic heterocycles. The van der Waals surface area contributed by atoms with Gasteiger partial charge in [0.2, 0.25) is 0 Å². The lowest BCUT2D eigenvalue weighted by Crippen LogP contribution is -2.22. The number of benzene rings is 1. The van der Waals surface area contributed by atoms with Gasteiger partial charge in [-0.25, -0.2) is 0 Å². The van der Waals surface area contributed by atoms with Gasteiger partial charge in [0, 0.05) is 7.05 Å². The van der Waals surface area contributed by atoms with E-state index in [0.29, 0.717) is 0 Å². The summed E-state index contributed by atoms with van der Waals surface area (Å²) in [6.45, 7) is 0. The van der Waals surface area contributed by atoms with Gasteiger partial charge in [0.15, 0.2) is 5.96 Å². The lowest BCUT2D eigenvalue weighted by Gasteiger charge is -2.11. The van der Waals surface area contributed by atoms with E-state index in [4.69, 9.17) is 17.3 Å². The lowest BCUT2D eigenvalue weighted by atomic mass is 10.2. The average Bonchev–Trinajstić information content (AvgIpc) is 2.19. The summed E-state index contributed by atoms with van der Waals surface area (Å²) in [6, 6.07) is 2.92. The summed E-state index contributed by atoms with van der Waals surface area (Å²) in [6.07, 6.45) is -4.42. The van der Waals surface area contributed by atoms with Crippen molar-refractivity contribution in [1.82, 2.24) is 0 Å². The minimum absolute atomic E-state index is 0.0128. The van der Waals surface area contributed by atoms with E-state index < -0.39 is 11.7 Å². The molecule has 3 N–H and O–H groups in total. The van der Waals surface area contributed by atoms with E-state index in [-0.39, 0.29) is 16.7 Å². The Labute approximate surface area is 95.1 Å². The molecule has 0 unspecified atom stereocenters. The van der Waals surface area contributed by atoms with Crippen LogP contribution in [0, 0.1) is 0 Å². The number of aliphatic imine (C=N–C) groups is 1. The topological polar surface area (TPSA) is 50.4 Å². The van der Waals surface area contributed by atoms with Crippen molar-refractivity contribution in [2.75, 3.05) is 12.4 Å². The number of alkyl halides is 3. The van der Waals surface area contributed by atoms with Crippen LogP contribution >= 0.6 is 11.6 Å². The second kappa shape index (κ2) is 4.61. The zero-order valence-corrected chi connectivity index (χ0v) is 9.02. The van der Waals surface area contributed by atoms with Crippen LogP contribution in [0.15, 0.2) is 23.2 Å². The van der Waals surface area contributed by atoms with E-state index in [2.05, 4.69) is 10.3 Å². The molecule has 0 aliphatic heterocycles. The monoisotopic (exact) mass is 251 g/mol. The van der Waals surface area contributed by atoms with Crippen LogP contribution < -0.4 is 11.1 Å². The minimum Gasteiger partial charge on any atom is -0.370 e. The Hall–Kier alpha value is -1.43. The highest BCUT2D eigenvalue weighted by Crippen LogP contribution is 2.33. The molecule has 0 aliphatic carbocycles. The van der Waals surface area contributed by atoms with Gasteiger partial charge in [-0.05, 0) is 18.2 Å². The predicted molar refractivity (Wildman–Crippen MR) is 57.6 cm³/mol. The summed E-state index contributed by atoms with van der Waals surface area (Å²) in [7, 11) is 1.41. The Kier molecular flexibility index (Phi) is 3.64. The highest BCUT2D eigenvalue weighted by Gasteiger charge is 2.30. The minimum atomic E-state index is -4.42. The number of hydrogen-bond acceptors (Lipinski definition) is 1. The van der Waals surface area contributed by atoms with Gasteiger partial charge in [0.1, 0.15) is 0 Å². The van der Waals surface area contributed by atoms with Gasteiger partial charge < -0.3 is 11.1 Å². The zero-order chi connectivity index (χ0) is 12.3. The second-order valence-electron chi connectivity index (χ2n) is 2.93. The standard InChI is InChI=1S/C9H9ClF3N3/c1-15-8(14)16-7-4-5(9(11,12)13)2-3-6(7)10/h2-4H,1H3,(H3,14,15,16). The number of anilines is 1. The molecule has 0 spiro atoms. The van der Waals surface area contributed by atoms with Crippen LogP contribution in [-0.2, 0) is 6.18 Å². The Balaban J connectivity index is 3.09. The van der Waals surface area contributed by atoms with E-state index in [1.807, 2.05) is 0 Å². The molecule has 0 fully saturated rings. The molecule has 7 heteroatoms. The summed E-state index contributed by atoms with van der Waals surface area (Å²) in [5, 5.41) is 2.61. The van der Waals surface area contributed by atoms with E-state index >= 15 is 0 Å². The maximum atomic E-state index is 12.4. The van der Waals surface area contributed by atoms with Crippen LogP contribution in [0.1, 0.15) is 5.56 Å². The first-order valence-corrected chi connectivity index (χ1v) is 4.58. The molecular weight excluding hydrogens is 243 g/mol. The predicted octanol–water partition coefficient (Wildman–Crippen LogP) is 2.72. The number of halogens is 4. The van der Waals surface area contributed by atoms with E-state index in [1.165, 1.54) is 7.05 Å². The molecule has 88 valence electrons. The maximum Gasteiger partial charge on any atom is 0.416 e. The molecule has 0 heterocycles. The van der Waals surface area contributed by atoms with Crippen molar-refractivity contribution in [3.63, 3.8) is 0 Å². The fourth-order valence-corrected chi connectivity index (χ4v) is 1.16. The van der Waals surface area contributed by atoms with Gasteiger partial charge in [0.25, 0.3) is 0 Å². The van der Waals surface area contributed by atoms with Gasteiger partial charge in [-0.15, -0.1) is 0 Å². The maximum absolute atomic E-state index is 12.4. The first-order valence-electron chi connectivity index (χ1n) is 4.20. The summed E-state index contributed by atoms with van der Waals surface area (Å²) in [5.41, 5.74) is 4.60. The molecule has 0 bridgehead atoms. The Morgan fingerprint density at radius 2 is 2.06 bits per heavy atom. The summed E-state index contributed by atoms with van der Waals surface area (Å²) < 4.78 is 37.2. The second-order valence-corrected chi connectivity index (χ2v) is 3.33. The van der Waals surface area contributed by atoms with Gasteiger partial charge in [-0.1, -0.05) is 11.6 Å². The molecule has 0 amide bonds. The molecule has 0 atom stereocenters. The molecule has 0 aliphatic rings. The van der Waals surface area contributed by atoms with Gasteiger partial charge in [-0.3, -0.25) is 4.99 Å². The molecule has 1 aromatic rings. The molecule has 1 aromatic carbocycles. The van der Waals surface area contributed by atoms with Gasteiger partial charge in [0.05, 0.1) is 16.3 Å². The highest BCUT2D eigenvalue weighted by atomic mass is 35.5. The quantitative estimate of drug-likeness (QED) is 0.596. The van der Waals surface area contributed by atoms with Crippen molar-refractivity contribution in [2.45, 2.75) is 6.18 Å². The molecular formula is C9H9ClF3N3. The van der Waals surface area contributed by atoms with Crippen LogP contribution in [-0.4, -0.2) is 13.0 Å². The molecule has 1 rings (SSSR count). The highest BCUT2D eigenvalue weighted by molar-refractivity contribution is 6.33. The molecule has 0 saturated carbocycles. The van der Waals surface area contributed by atoms with Crippen LogP contribution in [0.4, 0.5) is 18.9 Å². The molecule has 0 saturated heterocycles. The van der Waals surface area contributed by atoms with Crippen LogP contribution in [0.3, 0.4) is 0 Å². The van der Waals surface area contributed by atoms with E-state index in [0.717, 1.165) is 18.2 Å². The van der Waals surface area contributed by atoms with Crippen molar-refractivity contribution < 1.29 is 13.2 Å². The third-order valence-electron chi connectivity index (χ3n) is 1.80. The van der Waals surface area contributed by atoms with Crippen molar-refractivity contribution in [2.24, 2.45) is 10.7 Å². The van der Waals surface area contributed by atoms with Gasteiger partial charge in [-0.2, -0.15) is 13.2 Å². The van der Waals surface area contributed by atoms with Crippen LogP contribution in [0.5, 0.6) is 0 Å². The largest absolute Gasteiger partial charge is 0.416 e. The number of nitrogens with one attached hydrogen (secondary N) is 1. The fraction of sp³-hybridized carbons (Fsp3) is 0.222. The number of nitrogens with zero attached hydrogens (tertiary/aromatic N) is 1. The van der Waals surface area contributed by atoms with Gasteiger partial charge >= 0.3 is 6.18 Å². The first kappa shape index (κ1) is 12.6. The molecule has 0 radical (unpaired) electrons. The average molecular weight is 252 g/mol. The van der Waals surface area contributed by atoms with Crippen molar-refractivity contribution in [1.29, 1.82) is 0 Å². The molecule has 16 heavy (non-hydrogen) atoms. The number of rotatable bonds is 1. The van der Waals surface area contributed by atoms with Crippen molar-refractivity contribution >= 4 is 23.2 Å². The summed E-state index contributed by atoms with van der Waals surface area (Å²) in [4.78, 5) is 3.56. The number of guanidine groups is 1. The van der Waals surface area contributed by atoms with Crippen LogP contribution in [0.25, 0.3) is 0 Å². The van der Waals surface area contributed by atoms with Crippen molar-refractivity contribution in [3.05, 3.63) is 28.8 Å². The first-order chi connectivity index (χ1) is 7.34. The smallest absolute Gasteiger partial charge is 0.370 e. The van der Waals surface area contributed by atoms with Crippen LogP contribution in [0.2, 0.25) is 5.02 Å². The number of hydrogen-bond donors (Lipinski definition) is 2. The van der Waals surface area contributed by atoms with Crippen molar-refractivity contribution in [3.8, 4) is 0 Å². The normalized spacial score (nSPS) is 12.7. The number of nitrogens with two attached hydrogens (primary N) is 1. The Morgan fingerprint density at radius 1 is 1.44 bits per heavy atom. The molecule has 3 nitrogen and oxygen atoms in total. The Morgan fingerprint density at radius 3 is 2.56 bits per heavy atom. The lowest BCUT2D eigenvalue weighted by molar-refractivity contribution is -0.137. The third kappa shape index (κ3) is 3.03. The zero-order valence-electron chi connectivity index (χ0n) is 8.27. The Bertz CT molecular complexity index is 415. The summed E-state index contributed by atoms with van der Waals surface area (Å²) in [5.74, 6) is -0.0128. The van der Waals surface area contributed by atoms with E-state index in [1.54, 1.807) is 0 Å². The fourth-order valence-electron chi connectivity index (χ4n) is 0.991. The van der Waals surface area contributed by atoms with E-state index in [9.17, 15) is 13.2 Å². The summed E-state index contributed by atoms with van der Waals surface area (Å²) >= 11 is 5.71.